The number of ether oxygens (including phenoxy) is 1. The molecule has 4 rings (SSSR count). The number of anilines is 2. The molecule has 0 aliphatic heterocycles. The van der Waals surface area contributed by atoms with Crippen LogP contribution in [0, 0.1) is 0 Å². The maximum Gasteiger partial charge on any atom is 0.323 e. The van der Waals surface area contributed by atoms with E-state index in [4.69, 9.17) is 4.74 Å². The van der Waals surface area contributed by atoms with E-state index in [2.05, 4.69) is 48.2 Å². The number of pyridine rings is 2. The number of carbonyl (C=O) groups is 1. The third-order valence-corrected chi connectivity index (χ3v) is 7.13. The van der Waals surface area contributed by atoms with E-state index in [0.29, 0.717) is 23.6 Å². The number of nitrogens with one attached hydrogen (secondary N) is 2. The van der Waals surface area contributed by atoms with E-state index in [-0.39, 0.29) is 23.1 Å². The fraction of sp³-hybridized carbons (Fsp3) is 0.364. The van der Waals surface area contributed by atoms with Gasteiger partial charge in [0.25, 0.3) is 5.56 Å². The van der Waals surface area contributed by atoms with Crippen molar-refractivity contribution < 1.29 is 9.53 Å². The van der Waals surface area contributed by atoms with Gasteiger partial charge in [-0.25, -0.2) is 9.78 Å². The number of aryl methyl sites for hydroxylation is 1. The van der Waals surface area contributed by atoms with Crippen molar-refractivity contribution in [2.75, 3.05) is 37.9 Å². The van der Waals surface area contributed by atoms with Gasteiger partial charge in [-0.2, -0.15) is 0 Å². The second-order valence-electron chi connectivity index (χ2n) is 11.2. The van der Waals surface area contributed by atoms with Gasteiger partial charge in [0.05, 0.1) is 6.61 Å². The number of aromatic nitrogens is 2. The minimum Gasteiger partial charge on any atom is -0.494 e. The zero-order valence-electron chi connectivity index (χ0n) is 25.1. The summed E-state index contributed by atoms with van der Waals surface area (Å²) in [5.41, 5.74) is 4.59. The molecule has 2 N–H and O–H groups in total. The quantitative estimate of drug-likeness (QED) is 0.210. The fourth-order valence-electron chi connectivity index (χ4n) is 5.05. The van der Waals surface area contributed by atoms with Crippen LogP contribution in [0.15, 0.2) is 65.6 Å². The van der Waals surface area contributed by atoms with E-state index < -0.39 is 6.03 Å². The summed E-state index contributed by atoms with van der Waals surface area (Å²) in [6.45, 7) is 9.89. The van der Waals surface area contributed by atoms with Gasteiger partial charge < -0.3 is 20.3 Å². The van der Waals surface area contributed by atoms with Gasteiger partial charge in [0, 0.05) is 36.4 Å². The average molecular weight is 556 g/mol. The Bertz CT molecular complexity index is 1560. The molecular weight excluding hydrogens is 514 g/mol. The highest BCUT2D eigenvalue weighted by Crippen LogP contribution is 2.36. The first kappa shape index (κ1) is 29.8. The van der Waals surface area contributed by atoms with Crippen molar-refractivity contribution in [3.8, 4) is 16.9 Å². The van der Waals surface area contributed by atoms with Gasteiger partial charge in [0.2, 0.25) is 0 Å². The average Bonchev–Trinajstić information content (AvgIpc) is 2.94. The first-order chi connectivity index (χ1) is 19.6. The standard InChI is InChI=1S/C33H41N5O3/c1-21(2)25-14-9-15-26(22(3)4)29(25)35-33(40)36-30-28(27-16-10-17-34-31(27)38(7)32(30)39)23-12-8-13-24(20-23)41-19-11-18-37(5)6/h8-10,12-17,20-22H,11,18-19H2,1-7H3,(H2,35,36,40). The molecular formula is C33H41N5O3. The topological polar surface area (TPSA) is 88.5 Å². The van der Waals surface area contributed by atoms with Gasteiger partial charge >= 0.3 is 6.03 Å². The number of hydrogen-bond acceptors (Lipinski definition) is 5. The number of benzene rings is 2. The van der Waals surface area contributed by atoms with Crippen molar-refractivity contribution >= 4 is 28.4 Å². The highest BCUT2D eigenvalue weighted by atomic mass is 16.5. The lowest BCUT2D eigenvalue weighted by Gasteiger charge is -2.21. The Balaban J connectivity index is 1.77. The van der Waals surface area contributed by atoms with Gasteiger partial charge in [-0.05, 0) is 73.3 Å². The predicted molar refractivity (Wildman–Crippen MR) is 168 cm³/mol. The highest BCUT2D eigenvalue weighted by molar-refractivity contribution is 6.07. The Morgan fingerprint density at radius 3 is 2.27 bits per heavy atom. The molecule has 4 aromatic rings. The van der Waals surface area contributed by atoms with Gasteiger partial charge in [0.1, 0.15) is 17.1 Å². The summed E-state index contributed by atoms with van der Waals surface area (Å²) in [5, 5.41) is 6.74. The predicted octanol–water partition coefficient (Wildman–Crippen LogP) is 6.82. The molecule has 8 nitrogen and oxygen atoms in total. The summed E-state index contributed by atoms with van der Waals surface area (Å²) in [6.07, 6.45) is 2.55. The number of fused-ring (bicyclic) bond motifs is 1. The molecule has 0 unspecified atom stereocenters. The number of amides is 2. The third kappa shape index (κ3) is 6.77. The van der Waals surface area contributed by atoms with E-state index in [0.717, 1.165) is 40.7 Å². The lowest BCUT2D eigenvalue weighted by atomic mass is 9.93. The second-order valence-corrected chi connectivity index (χ2v) is 11.2. The lowest BCUT2D eigenvalue weighted by molar-refractivity contribution is 0.262. The minimum atomic E-state index is -0.474. The van der Waals surface area contributed by atoms with Crippen molar-refractivity contribution in [2.24, 2.45) is 7.05 Å². The first-order valence-corrected chi connectivity index (χ1v) is 14.1. The van der Waals surface area contributed by atoms with Crippen LogP contribution in [0.3, 0.4) is 0 Å². The summed E-state index contributed by atoms with van der Waals surface area (Å²) in [5.74, 6) is 1.11. The molecule has 0 spiro atoms. The molecule has 0 saturated carbocycles. The molecule has 2 aromatic heterocycles. The van der Waals surface area contributed by atoms with Gasteiger partial charge in [0.15, 0.2) is 0 Å². The van der Waals surface area contributed by atoms with Crippen LogP contribution in [0.1, 0.15) is 57.1 Å². The SMILES string of the molecule is CC(C)c1cccc(C(C)C)c1NC(=O)Nc1c(-c2cccc(OCCCN(C)C)c2)c2cccnc2n(C)c1=O. The van der Waals surface area contributed by atoms with E-state index in [1.54, 1.807) is 13.2 Å². The zero-order chi connectivity index (χ0) is 29.7. The zero-order valence-corrected chi connectivity index (χ0v) is 25.1. The number of urea groups is 1. The number of hydrogen-bond donors (Lipinski definition) is 2. The number of rotatable bonds is 10. The normalized spacial score (nSPS) is 11.5. The molecule has 216 valence electrons. The molecule has 0 bridgehead atoms. The van der Waals surface area contributed by atoms with Crippen LogP contribution < -0.4 is 20.9 Å². The van der Waals surface area contributed by atoms with Crippen molar-refractivity contribution in [3.63, 3.8) is 0 Å². The Kier molecular flexibility index (Phi) is 9.45. The van der Waals surface area contributed by atoms with Gasteiger partial charge in [-0.15, -0.1) is 0 Å². The maximum absolute atomic E-state index is 13.7. The first-order valence-electron chi connectivity index (χ1n) is 14.1. The number of carbonyl (C=O) groups excluding carboxylic acids is 1. The van der Waals surface area contributed by atoms with Crippen LogP contribution in [-0.4, -0.2) is 47.7 Å². The molecule has 2 amide bonds. The fourth-order valence-corrected chi connectivity index (χ4v) is 5.05. The van der Waals surface area contributed by atoms with E-state index in [1.165, 1.54) is 4.57 Å². The van der Waals surface area contributed by atoms with Gasteiger partial charge in [-0.1, -0.05) is 58.0 Å². The van der Waals surface area contributed by atoms with Crippen LogP contribution in [0.4, 0.5) is 16.2 Å². The second kappa shape index (κ2) is 13.0. The van der Waals surface area contributed by atoms with Crippen molar-refractivity contribution in [2.45, 2.75) is 46.0 Å². The highest BCUT2D eigenvalue weighted by Gasteiger charge is 2.22. The van der Waals surface area contributed by atoms with E-state index in [1.807, 2.05) is 68.7 Å². The van der Waals surface area contributed by atoms with E-state index >= 15 is 0 Å². The molecule has 2 aromatic carbocycles. The van der Waals surface area contributed by atoms with Crippen LogP contribution in [0.2, 0.25) is 0 Å². The summed E-state index contributed by atoms with van der Waals surface area (Å²) in [7, 11) is 5.73. The molecule has 0 fully saturated rings. The van der Waals surface area contributed by atoms with Crippen LogP contribution in [-0.2, 0) is 7.05 Å². The number of para-hydroxylation sites is 1. The summed E-state index contributed by atoms with van der Waals surface area (Å²) in [4.78, 5) is 33.9. The number of nitrogens with zero attached hydrogens (tertiary/aromatic N) is 3. The Morgan fingerprint density at radius 2 is 1.61 bits per heavy atom. The van der Waals surface area contributed by atoms with Crippen LogP contribution in [0.5, 0.6) is 5.75 Å². The Hall–Kier alpha value is -4.17. The van der Waals surface area contributed by atoms with Gasteiger partial charge in [-0.3, -0.25) is 9.36 Å². The summed E-state index contributed by atoms with van der Waals surface area (Å²) < 4.78 is 7.50. The Morgan fingerprint density at radius 1 is 0.951 bits per heavy atom. The van der Waals surface area contributed by atoms with E-state index in [9.17, 15) is 9.59 Å². The third-order valence-electron chi connectivity index (χ3n) is 7.13. The lowest BCUT2D eigenvalue weighted by Crippen LogP contribution is -2.29. The molecule has 0 saturated heterocycles. The smallest absolute Gasteiger partial charge is 0.323 e. The monoisotopic (exact) mass is 555 g/mol. The molecule has 0 radical (unpaired) electrons. The minimum absolute atomic E-state index is 0.184. The van der Waals surface area contributed by atoms with Crippen molar-refractivity contribution in [1.29, 1.82) is 0 Å². The molecule has 2 heterocycles. The van der Waals surface area contributed by atoms with Crippen LogP contribution >= 0.6 is 0 Å². The summed E-state index contributed by atoms with van der Waals surface area (Å²) in [6, 6.07) is 17.0. The molecule has 41 heavy (non-hydrogen) atoms. The summed E-state index contributed by atoms with van der Waals surface area (Å²) >= 11 is 0. The van der Waals surface area contributed by atoms with Crippen molar-refractivity contribution in [1.82, 2.24) is 14.5 Å². The Labute approximate surface area is 242 Å². The molecule has 8 heteroatoms. The van der Waals surface area contributed by atoms with Crippen molar-refractivity contribution in [3.05, 3.63) is 82.3 Å². The largest absolute Gasteiger partial charge is 0.494 e. The molecule has 0 aliphatic carbocycles. The molecule has 0 aliphatic rings. The van der Waals surface area contributed by atoms with Crippen LogP contribution in [0.25, 0.3) is 22.2 Å². The maximum atomic E-state index is 13.7. The molecule has 0 atom stereocenters.